The molecular formula is C22H28N2O4S2. The number of piperidine rings is 1. The van der Waals surface area contributed by atoms with Gasteiger partial charge in [-0.3, -0.25) is 4.79 Å². The minimum Gasteiger partial charge on any atom is -0.497 e. The summed E-state index contributed by atoms with van der Waals surface area (Å²) in [6, 6.07) is 14.6. The van der Waals surface area contributed by atoms with E-state index in [1.807, 2.05) is 0 Å². The monoisotopic (exact) mass is 448 g/mol. The number of ether oxygens (including phenoxy) is 1. The van der Waals surface area contributed by atoms with Gasteiger partial charge in [0, 0.05) is 30.3 Å². The van der Waals surface area contributed by atoms with Crippen molar-refractivity contribution in [2.75, 3.05) is 32.5 Å². The Hall–Kier alpha value is -2.03. The summed E-state index contributed by atoms with van der Waals surface area (Å²) in [5.41, 5.74) is 1.22. The summed E-state index contributed by atoms with van der Waals surface area (Å²) in [7, 11) is -2.09. The quantitative estimate of drug-likeness (QED) is 0.495. The maximum Gasteiger partial charge on any atom is 0.243 e. The lowest BCUT2D eigenvalue weighted by atomic mass is 9.99. The van der Waals surface area contributed by atoms with E-state index < -0.39 is 10.0 Å². The zero-order valence-corrected chi connectivity index (χ0v) is 19.0. The summed E-state index contributed by atoms with van der Waals surface area (Å²) in [5.74, 6) is 0.980. The van der Waals surface area contributed by atoms with Gasteiger partial charge >= 0.3 is 0 Å². The van der Waals surface area contributed by atoms with Crippen molar-refractivity contribution in [3.63, 3.8) is 0 Å². The molecule has 0 aliphatic carbocycles. The molecule has 6 nitrogen and oxygen atoms in total. The Morgan fingerprint density at radius 3 is 2.53 bits per heavy atom. The van der Waals surface area contributed by atoms with E-state index in [-0.39, 0.29) is 23.3 Å². The van der Waals surface area contributed by atoms with Crippen LogP contribution < -0.4 is 10.1 Å². The molecule has 1 atom stereocenters. The van der Waals surface area contributed by atoms with Gasteiger partial charge in [-0.15, -0.1) is 11.8 Å². The normalized spacial score (nSPS) is 17.5. The van der Waals surface area contributed by atoms with Gasteiger partial charge in [0.25, 0.3) is 0 Å². The molecule has 1 aliphatic heterocycles. The highest BCUT2D eigenvalue weighted by atomic mass is 32.2. The first-order valence-corrected chi connectivity index (χ1v) is 12.4. The molecule has 8 heteroatoms. The van der Waals surface area contributed by atoms with Crippen LogP contribution in [0.15, 0.2) is 58.3 Å². The fraction of sp³-hybridized carbons (Fsp3) is 0.409. The Morgan fingerprint density at radius 1 is 1.17 bits per heavy atom. The number of rotatable bonds is 8. The van der Waals surface area contributed by atoms with Crippen molar-refractivity contribution in [1.29, 1.82) is 0 Å². The van der Waals surface area contributed by atoms with E-state index in [1.54, 1.807) is 36.0 Å². The summed E-state index contributed by atoms with van der Waals surface area (Å²) in [6.45, 7) is 3.25. The van der Waals surface area contributed by atoms with Gasteiger partial charge in [-0.05, 0) is 56.2 Å². The summed E-state index contributed by atoms with van der Waals surface area (Å²) < 4.78 is 32.4. The van der Waals surface area contributed by atoms with Crippen LogP contribution in [0.2, 0.25) is 0 Å². The van der Waals surface area contributed by atoms with Crippen LogP contribution in [0, 0.1) is 12.8 Å². The number of hydrogen-bond acceptors (Lipinski definition) is 5. The summed E-state index contributed by atoms with van der Waals surface area (Å²) in [5, 5.41) is 2.96. The number of nitrogens with one attached hydrogen (secondary N) is 1. The molecule has 1 amide bonds. The van der Waals surface area contributed by atoms with E-state index >= 15 is 0 Å². The molecule has 0 saturated carbocycles. The lowest BCUT2D eigenvalue weighted by Gasteiger charge is -2.31. The molecule has 2 aromatic carbocycles. The lowest BCUT2D eigenvalue weighted by molar-refractivity contribution is -0.125. The van der Waals surface area contributed by atoms with Gasteiger partial charge in [-0.1, -0.05) is 17.7 Å². The van der Waals surface area contributed by atoms with E-state index in [2.05, 4.69) is 36.5 Å². The van der Waals surface area contributed by atoms with Crippen LogP contribution in [-0.2, 0) is 14.8 Å². The molecule has 1 saturated heterocycles. The third-order valence-electron chi connectivity index (χ3n) is 5.14. The Bertz CT molecular complexity index is 944. The largest absolute Gasteiger partial charge is 0.497 e. The minimum absolute atomic E-state index is 0.0749. The smallest absolute Gasteiger partial charge is 0.243 e. The van der Waals surface area contributed by atoms with E-state index in [9.17, 15) is 13.2 Å². The standard InChI is InChI=1S/C22H28N2O4S2/c1-17-5-9-20(10-6-17)29-15-13-23-22(25)18-4-3-14-24(16-18)30(26,27)21-11-7-19(28-2)8-12-21/h5-12,18H,3-4,13-16H2,1-2H3,(H,23,25)/t18-/m0/s1. The third-order valence-corrected chi connectivity index (χ3v) is 8.04. The molecule has 0 unspecified atom stereocenters. The number of hydrogen-bond donors (Lipinski definition) is 1. The van der Waals surface area contributed by atoms with Crippen molar-refractivity contribution in [3.05, 3.63) is 54.1 Å². The molecule has 2 aromatic rings. The molecular weight excluding hydrogens is 420 g/mol. The molecule has 0 aromatic heterocycles. The zero-order valence-electron chi connectivity index (χ0n) is 17.3. The summed E-state index contributed by atoms with van der Waals surface area (Å²) >= 11 is 1.69. The predicted molar refractivity (Wildman–Crippen MR) is 119 cm³/mol. The van der Waals surface area contributed by atoms with Crippen molar-refractivity contribution in [1.82, 2.24) is 9.62 Å². The maximum atomic E-state index is 12.9. The summed E-state index contributed by atoms with van der Waals surface area (Å²) in [4.78, 5) is 14.0. The molecule has 1 aliphatic rings. The number of carbonyl (C=O) groups excluding carboxylic acids is 1. The SMILES string of the molecule is COc1ccc(S(=O)(=O)N2CCC[C@H](C(=O)NCCSc3ccc(C)cc3)C2)cc1. The fourth-order valence-corrected chi connectivity index (χ4v) is 5.69. The highest BCUT2D eigenvalue weighted by Gasteiger charge is 2.33. The van der Waals surface area contributed by atoms with Crippen molar-refractivity contribution in [2.24, 2.45) is 5.92 Å². The first kappa shape index (κ1) is 22.7. The molecule has 162 valence electrons. The second-order valence-electron chi connectivity index (χ2n) is 7.33. The van der Waals surface area contributed by atoms with Gasteiger partial charge in [0.05, 0.1) is 17.9 Å². The van der Waals surface area contributed by atoms with Gasteiger partial charge in [0.15, 0.2) is 0 Å². The molecule has 1 fully saturated rings. The number of nitrogens with zero attached hydrogens (tertiary/aromatic N) is 1. The van der Waals surface area contributed by atoms with E-state index in [4.69, 9.17) is 4.74 Å². The predicted octanol–water partition coefficient (Wildman–Crippen LogP) is 3.31. The molecule has 1 N–H and O–H groups in total. The number of aryl methyl sites for hydroxylation is 1. The molecule has 1 heterocycles. The van der Waals surface area contributed by atoms with Crippen LogP contribution in [0.1, 0.15) is 18.4 Å². The van der Waals surface area contributed by atoms with E-state index in [0.29, 0.717) is 31.7 Å². The van der Waals surface area contributed by atoms with E-state index in [1.165, 1.54) is 21.9 Å². The number of amides is 1. The van der Waals surface area contributed by atoms with Crippen LogP contribution in [0.5, 0.6) is 5.75 Å². The average Bonchev–Trinajstić information content (AvgIpc) is 2.78. The van der Waals surface area contributed by atoms with Gasteiger partial charge in [0.2, 0.25) is 15.9 Å². The highest BCUT2D eigenvalue weighted by molar-refractivity contribution is 7.99. The molecule has 3 rings (SSSR count). The number of thioether (sulfide) groups is 1. The zero-order chi connectivity index (χ0) is 21.6. The highest BCUT2D eigenvalue weighted by Crippen LogP contribution is 2.25. The molecule has 0 bridgehead atoms. The molecule has 30 heavy (non-hydrogen) atoms. The number of methoxy groups -OCH3 is 1. The van der Waals surface area contributed by atoms with Crippen molar-refractivity contribution < 1.29 is 17.9 Å². The van der Waals surface area contributed by atoms with Gasteiger partial charge in [-0.25, -0.2) is 8.42 Å². The first-order valence-electron chi connectivity index (χ1n) is 10.0. The Labute approximate surface area is 183 Å². The fourth-order valence-electron chi connectivity index (χ4n) is 3.39. The van der Waals surface area contributed by atoms with Crippen LogP contribution in [0.3, 0.4) is 0 Å². The van der Waals surface area contributed by atoms with E-state index in [0.717, 1.165) is 5.75 Å². The Kier molecular flexibility index (Phi) is 7.80. The van der Waals surface area contributed by atoms with Crippen molar-refractivity contribution in [2.45, 2.75) is 29.6 Å². The topological polar surface area (TPSA) is 75.7 Å². The first-order chi connectivity index (χ1) is 14.4. The van der Waals surface area contributed by atoms with Crippen LogP contribution in [0.25, 0.3) is 0 Å². The van der Waals surface area contributed by atoms with Gasteiger partial charge in [-0.2, -0.15) is 4.31 Å². The minimum atomic E-state index is -3.62. The average molecular weight is 449 g/mol. The second kappa shape index (κ2) is 10.3. The number of carbonyl (C=O) groups is 1. The van der Waals surface area contributed by atoms with Gasteiger partial charge in [0.1, 0.15) is 5.75 Å². The lowest BCUT2D eigenvalue weighted by Crippen LogP contribution is -2.45. The van der Waals surface area contributed by atoms with Crippen LogP contribution >= 0.6 is 11.8 Å². The Morgan fingerprint density at radius 2 is 1.87 bits per heavy atom. The molecule has 0 radical (unpaired) electrons. The number of sulfonamides is 1. The summed E-state index contributed by atoms with van der Waals surface area (Å²) in [6.07, 6.45) is 1.37. The molecule has 0 spiro atoms. The third kappa shape index (κ3) is 5.77. The maximum absolute atomic E-state index is 12.9. The van der Waals surface area contributed by atoms with Crippen molar-refractivity contribution in [3.8, 4) is 5.75 Å². The number of benzene rings is 2. The van der Waals surface area contributed by atoms with Crippen molar-refractivity contribution >= 4 is 27.7 Å². The van der Waals surface area contributed by atoms with Crippen LogP contribution in [-0.4, -0.2) is 51.1 Å². The van der Waals surface area contributed by atoms with Gasteiger partial charge < -0.3 is 10.1 Å². The van der Waals surface area contributed by atoms with Crippen LogP contribution in [0.4, 0.5) is 0 Å². The Balaban J connectivity index is 1.51. The second-order valence-corrected chi connectivity index (χ2v) is 10.4.